The largest absolute Gasteiger partial charge is 0.497 e. The number of pyridine rings is 1. The topological polar surface area (TPSA) is 88.9 Å². The first-order chi connectivity index (χ1) is 18.5. The van der Waals surface area contributed by atoms with Crippen LogP contribution >= 0.6 is 0 Å². The standard InChI is InChI=1S/C30H30N6O2/c1-19-10-11-20(2)27-24(19)17-25(30(37)31-27)28(35-16-6-8-22-7-4-5-9-26(22)35)29-32-33-34-36(29)18-21-12-14-23(38-3)15-13-21/h4-5,7,9-15,17,28H,6,8,16,18H2,1-3H3,(H,31,37). The summed E-state index contributed by atoms with van der Waals surface area (Å²) < 4.78 is 7.11. The molecule has 0 amide bonds. The first kappa shape index (κ1) is 23.9. The molecule has 2 aromatic heterocycles. The van der Waals surface area contributed by atoms with Crippen molar-refractivity contribution in [3.05, 3.63) is 111 Å². The summed E-state index contributed by atoms with van der Waals surface area (Å²) in [7, 11) is 1.65. The number of nitrogens with zero attached hydrogens (tertiary/aromatic N) is 5. The molecule has 0 spiro atoms. The lowest BCUT2D eigenvalue weighted by atomic mass is 9.95. The van der Waals surface area contributed by atoms with Crippen LogP contribution in [0.5, 0.6) is 5.75 Å². The maximum atomic E-state index is 13.8. The van der Waals surface area contributed by atoms with Gasteiger partial charge in [-0.25, -0.2) is 4.68 Å². The zero-order valence-corrected chi connectivity index (χ0v) is 21.8. The van der Waals surface area contributed by atoms with Crippen LogP contribution in [0, 0.1) is 13.8 Å². The molecule has 0 fully saturated rings. The second kappa shape index (κ2) is 9.78. The molecule has 1 unspecified atom stereocenters. The Bertz CT molecular complexity index is 1670. The van der Waals surface area contributed by atoms with Gasteiger partial charge in [0.1, 0.15) is 11.8 Å². The molecule has 1 atom stereocenters. The van der Waals surface area contributed by atoms with Crippen molar-refractivity contribution in [3.63, 3.8) is 0 Å². The van der Waals surface area contributed by atoms with Crippen LogP contribution < -0.4 is 15.2 Å². The lowest BCUT2D eigenvalue weighted by Gasteiger charge is -2.37. The predicted octanol–water partition coefficient (Wildman–Crippen LogP) is 4.73. The fourth-order valence-corrected chi connectivity index (χ4v) is 5.50. The van der Waals surface area contributed by atoms with E-state index >= 15 is 0 Å². The van der Waals surface area contributed by atoms with Gasteiger partial charge in [-0.15, -0.1) is 5.10 Å². The molecule has 5 aromatic rings. The van der Waals surface area contributed by atoms with Crippen LogP contribution in [0.15, 0.2) is 71.5 Å². The number of rotatable bonds is 6. The molecule has 38 heavy (non-hydrogen) atoms. The number of hydrogen-bond donors (Lipinski definition) is 1. The first-order valence-corrected chi connectivity index (χ1v) is 12.9. The number of aromatic nitrogens is 5. The van der Waals surface area contributed by atoms with Crippen molar-refractivity contribution in [1.82, 2.24) is 25.2 Å². The van der Waals surface area contributed by atoms with E-state index in [1.54, 1.807) is 11.8 Å². The summed E-state index contributed by atoms with van der Waals surface area (Å²) in [6.07, 6.45) is 1.99. The fraction of sp³-hybridized carbons (Fsp3) is 0.267. The van der Waals surface area contributed by atoms with Gasteiger partial charge in [-0.2, -0.15) is 0 Å². The highest BCUT2D eigenvalue weighted by Crippen LogP contribution is 2.37. The van der Waals surface area contributed by atoms with Crippen LogP contribution in [0.3, 0.4) is 0 Å². The predicted molar refractivity (Wildman–Crippen MR) is 148 cm³/mol. The highest BCUT2D eigenvalue weighted by atomic mass is 16.5. The Labute approximate surface area is 220 Å². The number of ether oxygens (including phenoxy) is 1. The van der Waals surface area contributed by atoms with Crippen LogP contribution in [-0.4, -0.2) is 38.8 Å². The van der Waals surface area contributed by atoms with Crippen LogP contribution in [0.2, 0.25) is 0 Å². The van der Waals surface area contributed by atoms with Crippen LogP contribution in [0.1, 0.15) is 46.1 Å². The number of para-hydroxylation sites is 1. The van der Waals surface area contributed by atoms with Gasteiger partial charge in [0.25, 0.3) is 5.56 Å². The SMILES string of the molecule is COc1ccc(Cn2nnnc2C(c2cc3c(C)ccc(C)c3[nH]c2=O)N2CCCc3ccccc32)cc1. The Morgan fingerprint density at radius 2 is 1.82 bits per heavy atom. The molecule has 1 N–H and O–H groups in total. The third-order valence-electron chi connectivity index (χ3n) is 7.52. The number of hydrogen-bond acceptors (Lipinski definition) is 6. The molecule has 0 bridgehead atoms. The smallest absolute Gasteiger partial charge is 0.254 e. The summed E-state index contributed by atoms with van der Waals surface area (Å²) in [5.41, 5.74) is 6.94. The van der Waals surface area contributed by atoms with E-state index in [-0.39, 0.29) is 5.56 Å². The number of H-pyrrole nitrogens is 1. The van der Waals surface area contributed by atoms with E-state index in [2.05, 4.69) is 56.6 Å². The van der Waals surface area contributed by atoms with Gasteiger partial charge in [-0.1, -0.05) is 42.5 Å². The molecular weight excluding hydrogens is 476 g/mol. The third-order valence-corrected chi connectivity index (χ3v) is 7.52. The zero-order chi connectivity index (χ0) is 26.2. The third kappa shape index (κ3) is 4.22. The van der Waals surface area contributed by atoms with Gasteiger partial charge in [0.2, 0.25) is 0 Å². The summed E-state index contributed by atoms with van der Waals surface area (Å²) in [6.45, 7) is 5.36. The van der Waals surface area contributed by atoms with Crippen molar-refractivity contribution in [2.24, 2.45) is 0 Å². The Morgan fingerprint density at radius 1 is 1.03 bits per heavy atom. The molecular formula is C30H30N6O2. The molecule has 8 heteroatoms. The zero-order valence-electron chi connectivity index (χ0n) is 21.8. The molecule has 3 aromatic carbocycles. The van der Waals surface area contributed by atoms with E-state index in [4.69, 9.17) is 4.74 Å². The summed E-state index contributed by atoms with van der Waals surface area (Å²) >= 11 is 0. The molecule has 0 saturated carbocycles. The number of methoxy groups -OCH3 is 1. The molecule has 0 aliphatic carbocycles. The van der Waals surface area contributed by atoms with E-state index in [0.717, 1.165) is 58.4 Å². The fourth-order valence-electron chi connectivity index (χ4n) is 5.50. The number of aromatic amines is 1. The maximum Gasteiger partial charge on any atom is 0.254 e. The van der Waals surface area contributed by atoms with E-state index in [1.165, 1.54) is 5.56 Å². The number of anilines is 1. The number of benzene rings is 3. The molecule has 6 rings (SSSR count). The van der Waals surface area contributed by atoms with Crippen LogP contribution in [0.4, 0.5) is 5.69 Å². The minimum Gasteiger partial charge on any atom is -0.497 e. The highest BCUT2D eigenvalue weighted by Gasteiger charge is 2.33. The average molecular weight is 507 g/mol. The maximum absolute atomic E-state index is 13.8. The summed E-state index contributed by atoms with van der Waals surface area (Å²) in [6, 6.07) is 22.0. The van der Waals surface area contributed by atoms with Gasteiger partial charge in [-0.3, -0.25) is 4.79 Å². The van der Waals surface area contributed by atoms with Gasteiger partial charge < -0.3 is 14.6 Å². The summed E-state index contributed by atoms with van der Waals surface area (Å²) in [4.78, 5) is 19.2. The lowest BCUT2D eigenvalue weighted by Crippen LogP contribution is -2.38. The second-order valence-corrected chi connectivity index (χ2v) is 9.91. The molecule has 1 aliphatic heterocycles. The van der Waals surface area contributed by atoms with Crippen LogP contribution in [0.25, 0.3) is 10.9 Å². The Hall–Kier alpha value is -4.46. The van der Waals surface area contributed by atoms with E-state index in [1.807, 2.05) is 49.4 Å². The van der Waals surface area contributed by atoms with E-state index < -0.39 is 6.04 Å². The number of nitrogens with one attached hydrogen (secondary N) is 1. The molecule has 192 valence electrons. The lowest BCUT2D eigenvalue weighted by molar-refractivity contribution is 0.414. The number of fused-ring (bicyclic) bond motifs is 2. The van der Waals surface area contributed by atoms with Crippen molar-refractivity contribution in [2.45, 2.75) is 39.3 Å². The van der Waals surface area contributed by atoms with Gasteiger partial charge in [-0.05, 0) is 83.6 Å². The van der Waals surface area contributed by atoms with E-state index in [9.17, 15) is 4.79 Å². The van der Waals surface area contributed by atoms with Crippen molar-refractivity contribution in [1.29, 1.82) is 0 Å². The molecule has 1 aliphatic rings. The molecule has 0 radical (unpaired) electrons. The molecule has 8 nitrogen and oxygen atoms in total. The number of aryl methyl sites for hydroxylation is 3. The quantitative estimate of drug-likeness (QED) is 0.358. The normalized spacial score (nSPS) is 13.9. The van der Waals surface area contributed by atoms with Gasteiger partial charge in [0.05, 0.1) is 19.2 Å². The summed E-state index contributed by atoms with van der Waals surface area (Å²) in [5.74, 6) is 1.43. The second-order valence-electron chi connectivity index (χ2n) is 9.91. The van der Waals surface area contributed by atoms with Crippen molar-refractivity contribution >= 4 is 16.6 Å². The van der Waals surface area contributed by atoms with Gasteiger partial charge in [0, 0.05) is 23.2 Å². The monoisotopic (exact) mass is 506 g/mol. The highest BCUT2D eigenvalue weighted by molar-refractivity contribution is 5.85. The van der Waals surface area contributed by atoms with Crippen molar-refractivity contribution in [3.8, 4) is 5.75 Å². The Kier molecular flexibility index (Phi) is 6.15. The van der Waals surface area contributed by atoms with Gasteiger partial charge >= 0.3 is 0 Å². The first-order valence-electron chi connectivity index (χ1n) is 12.9. The summed E-state index contributed by atoms with van der Waals surface area (Å²) in [5, 5.41) is 14.0. The van der Waals surface area contributed by atoms with Crippen molar-refractivity contribution < 1.29 is 4.74 Å². The number of tetrazole rings is 1. The average Bonchev–Trinajstić information content (AvgIpc) is 3.39. The minimum atomic E-state index is -0.460. The van der Waals surface area contributed by atoms with E-state index in [0.29, 0.717) is 17.9 Å². The molecule has 0 saturated heterocycles. The Balaban J connectivity index is 1.53. The minimum absolute atomic E-state index is 0.127. The van der Waals surface area contributed by atoms with Crippen molar-refractivity contribution in [2.75, 3.05) is 18.6 Å². The van der Waals surface area contributed by atoms with Gasteiger partial charge in [0.15, 0.2) is 5.82 Å². The Morgan fingerprint density at radius 3 is 2.63 bits per heavy atom. The van der Waals surface area contributed by atoms with Crippen LogP contribution in [-0.2, 0) is 13.0 Å². The molecule has 3 heterocycles.